The van der Waals surface area contributed by atoms with Crippen molar-refractivity contribution in [2.45, 2.75) is 11.8 Å². The molecule has 0 fully saturated rings. The van der Waals surface area contributed by atoms with Crippen molar-refractivity contribution >= 4 is 21.5 Å². The Hall–Kier alpha value is -2.19. The average Bonchev–Trinajstić information content (AvgIpc) is 2.43. The molecule has 8 heteroatoms. The molecule has 0 radical (unpaired) electrons. The van der Waals surface area contributed by atoms with Crippen LogP contribution in [0.5, 0.6) is 0 Å². The van der Waals surface area contributed by atoms with Crippen molar-refractivity contribution in [2.75, 3.05) is 10.1 Å². The summed E-state index contributed by atoms with van der Waals surface area (Å²) in [5, 5.41) is 0. The summed E-state index contributed by atoms with van der Waals surface area (Å²) in [6.07, 6.45) is 1.40. The van der Waals surface area contributed by atoms with Crippen LogP contribution >= 0.6 is 0 Å². The molecule has 0 saturated heterocycles. The van der Waals surface area contributed by atoms with Crippen molar-refractivity contribution in [2.24, 2.45) is 5.84 Å². The Morgan fingerprint density at radius 3 is 2.70 bits per heavy atom. The van der Waals surface area contributed by atoms with Crippen molar-refractivity contribution in [1.29, 1.82) is 0 Å². The predicted molar refractivity (Wildman–Crippen MR) is 74.0 cm³/mol. The topological polar surface area (TPSA) is 97.1 Å². The lowest BCUT2D eigenvalue weighted by Gasteiger charge is -2.12. The zero-order valence-electron chi connectivity index (χ0n) is 10.6. The second kappa shape index (κ2) is 5.43. The van der Waals surface area contributed by atoms with E-state index in [1.807, 2.05) is 0 Å². The summed E-state index contributed by atoms with van der Waals surface area (Å²) in [6, 6.07) is 6.96. The largest absolute Gasteiger partial charge is 0.307 e. The molecule has 0 bridgehead atoms. The number of hydrazine groups is 1. The lowest BCUT2D eigenvalue weighted by atomic mass is 10.2. The minimum Gasteiger partial charge on any atom is -0.307 e. The van der Waals surface area contributed by atoms with Gasteiger partial charge in [0.2, 0.25) is 0 Å². The number of nitrogens with two attached hydrogens (primary N) is 1. The Kier molecular flexibility index (Phi) is 3.86. The quantitative estimate of drug-likeness (QED) is 0.588. The van der Waals surface area contributed by atoms with Gasteiger partial charge >= 0.3 is 0 Å². The lowest BCUT2D eigenvalue weighted by molar-refractivity contribution is 0.600. The first kappa shape index (κ1) is 14.2. The Bertz CT molecular complexity index is 734. The number of hydrogen-bond donors (Lipinski definition) is 3. The third-order valence-electron chi connectivity index (χ3n) is 2.71. The molecule has 0 spiro atoms. The first-order valence-electron chi connectivity index (χ1n) is 5.65. The highest BCUT2D eigenvalue weighted by molar-refractivity contribution is 7.92. The van der Waals surface area contributed by atoms with Gasteiger partial charge < -0.3 is 5.43 Å². The molecule has 0 unspecified atom stereocenters. The SMILES string of the molecule is Cc1c(F)cccc1NS(=O)(=O)c1cccnc1NN. The van der Waals surface area contributed by atoms with Crippen LogP contribution in [0.3, 0.4) is 0 Å². The first-order valence-corrected chi connectivity index (χ1v) is 7.13. The zero-order chi connectivity index (χ0) is 14.8. The van der Waals surface area contributed by atoms with E-state index in [2.05, 4.69) is 15.1 Å². The second-order valence-corrected chi connectivity index (χ2v) is 5.66. The van der Waals surface area contributed by atoms with Gasteiger partial charge in [-0.2, -0.15) is 0 Å². The number of pyridine rings is 1. The van der Waals surface area contributed by atoms with Gasteiger partial charge in [-0.15, -0.1) is 0 Å². The van der Waals surface area contributed by atoms with Crippen LogP contribution in [0.1, 0.15) is 5.56 Å². The standard InChI is InChI=1S/C12H13FN4O2S/c1-8-9(13)4-2-5-10(8)17-20(18,19)11-6-3-7-15-12(11)16-14/h2-7,17H,14H2,1H3,(H,15,16). The summed E-state index contributed by atoms with van der Waals surface area (Å²) >= 11 is 0. The first-order chi connectivity index (χ1) is 9.45. The number of hydrogen-bond acceptors (Lipinski definition) is 5. The zero-order valence-corrected chi connectivity index (χ0v) is 11.4. The van der Waals surface area contributed by atoms with Crippen LogP contribution in [-0.4, -0.2) is 13.4 Å². The number of anilines is 2. The van der Waals surface area contributed by atoms with Crippen LogP contribution < -0.4 is 16.0 Å². The molecule has 2 rings (SSSR count). The monoisotopic (exact) mass is 296 g/mol. The summed E-state index contributed by atoms with van der Waals surface area (Å²) in [5.41, 5.74) is 2.58. The molecule has 2 aromatic rings. The number of halogens is 1. The highest BCUT2D eigenvalue weighted by atomic mass is 32.2. The van der Waals surface area contributed by atoms with E-state index in [0.717, 1.165) is 0 Å². The van der Waals surface area contributed by atoms with Crippen LogP contribution in [0.15, 0.2) is 41.4 Å². The van der Waals surface area contributed by atoms with Gasteiger partial charge in [-0.25, -0.2) is 23.6 Å². The number of sulfonamides is 1. The fourth-order valence-electron chi connectivity index (χ4n) is 1.63. The molecule has 106 valence electrons. The molecule has 4 N–H and O–H groups in total. The maximum Gasteiger partial charge on any atom is 0.265 e. The maximum atomic E-state index is 13.4. The summed E-state index contributed by atoms with van der Waals surface area (Å²) in [6.45, 7) is 1.48. The molecule has 0 aliphatic heterocycles. The number of benzene rings is 1. The smallest absolute Gasteiger partial charge is 0.265 e. The van der Waals surface area contributed by atoms with Gasteiger partial charge in [-0.1, -0.05) is 6.07 Å². The third kappa shape index (κ3) is 2.70. The molecule has 0 aliphatic carbocycles. The highest BCUT2D eigenvalue weighted by Crippen LogP contribution is 2.24. The molecule has 1 aromatic carbocycles. The maximum absolute atomic E-state index is 13.4. The molecular formula is C12H13FN4O2S. The minimum atomic E-state index is -3.92. The van der Waals surface area contributed by atoms with E-state index < -0.39 is 15.8 Å². The van der Waals surface area contributed by atoms with Crippen molar-refractivity contribution in [1.82, 2.24) is 4.98 Å². The van der Waals surface area contributed by atoms with Gasteiger partial charge in [0.25, 0.3) is 10.0 Å². The number of nitrogen functional groups attached to an aromatic ring is 1. The Labute approximate surface area is 115 Å². The number of aromatic nitrogens is 1. The van der Waals surface area contributed by atoms with Crippen molar-refractivity contribution < 1.29 is 12.8 Å². The van der Waals surface area contributed by atoms with Crippen molar-refractivity contribution in [3.05, 3.63) is 47.9 Å². The molecule has 6 nitrogen and oxygen atoms in total. The van der Waals surface area contributed by atoms with E-state index in [9.17, 15) is 12.8 Å². The normalized spacial score (nSPS) is 11.2. The Morgan fingerprint density at radius 1 is 1.25 bits per heavy atom. The molecular weight excluding hydrogens is 283 g/mol. The summed E-state index contributed by atoms with van der Waals surface area (Å²) < 4.78 is 40.3. The summed E-state index contributed by atoms with van der Waals surface area (Å²) in [4.78, 5) is 3.70. The molecule has 20 heavy (non-hydrogen) atoms. The van der Waals surface area contributed by atoms with E-state index in [1.54, 1.807) is 0 Å². The fourth-order valence-corrected chi connectivity index (χ4v) is 2.88. The van der Waals surface area contributed by atoms with E-state index in [4.69, 9.17) is 5.84 Å². The van der Waals surface area contributed by atoms with E-state index >= 15 is 0 Å². The number of nitrogens with zero attached hydrogens (tertiary/aromatic N) is 1. The van der Waals surface area contributed by atoms with Crippen LogP contribution in [0.25, 0.3) is 0 Å². The van der Waals surface area contributed by atoms with Gasteiger partial charge in [0.1, 0.15) is 10.7 Å². The van der Waals surface area contributed by atoms with Crippen LogP contribution in [0.2, 0.25) is 0 Å². The third-order valence-corrected chi connectivity index (χ3v) is 4.11. The predicted octanol–water partition coefficient (Wildman–Crippen LogP) is 1.62. The van der Waals surface area contributed by atoms with E-state index in [1.165, 1.54) is 43.5 Å². The number of rotatable bonds is 4. The Balaban J connectivity index is 2.44. The summed E-state index contributed by atoms with van der Waals surface area (Å²) in [7, 11) is -3.92. The molecule has 1 heterocycles. The summed E-state index contributed by atoms with van der Waals surface area (Å²) in [5.74, 6) is 4.75. The molecule has 0 saturated carbocycles. The molecule has 0 atom stereocenters. The van der Waals surface area contributed by atoms with Crippen LogP contribution in [0.4, 0.5) is 15.9 Å². The van der Waals surface area contributed by atoms with Gasteiger partial charge in [0.15, 0.2) is 5.82 Å². The van der Waals surface area contributed by atoms with Gasteiger partial charge in [0, 0.05) is 11.8 Å². The number of nitrogens with one attached hydrogen (secondary N) is 2. The second-order valence-electron chi connectivity index (χ2n) is 4.01. The van der Waals surface area contributed by atoms with Crippen LogP contribution in [-0.2, 0) is 10.0 Å². The van der Waals surface area contributed by atoms with E-state index in [-0.39, 0.29) is 22.0 Å². The van der Waals surface area contributed by atoms with Crippen molar-refractivity contribution in [3.8, 4) is 0 Å². The Morgan fingerprint density at radius 2 is 2.00 bits per heavy atom. The fraction of sp³-hybridized carbons (Fsp3) is 0.0833. The van der Waals surface area contributed by atoms with Gasteiger partial charge in [0.05, 0.1) is 5.69 Å². The highest BCUT2D eigenvalue weighted by Gasteiger charge is 2.20. The van der Waals surface area contributed by atoms with Crippen molar-refractivity contribution in [3.63, 3.8) is 0 Å². The molecule has 1 aromatic heterocycles. The van der Waals surface area contributed by atoms with Gasteiger partial charge in [-0.05, 0) is 31.2 Å². The van der Waals surface area contributed by atoms with Crippen LogP contribution in [0, 0.1) is 12.7 Å². The molecule has 0 amide bonds. The van der Waals surface area contributed by atoms with Gasteiger partial charge in [-0.3, -0.25) is 4.72 Å². The molecule has 0 aliphatic rings. The lowest BCUT2D eigenvalue weighted by Crippen LogP contribution is -2.19. The van der Waals surface area contributed by atoms with E-state index in [0.29, 0.717) is 0 Å². The minimum absolute atomic E-state index is 0.00839. The average molecular weight is 296 g/mol.